The first-order valence-electron chi connectivity index (χ1n) is 8.60. The Labute approximate surface area is 142 Å². The van der Waals surface area contributed by atoms with Gasteiger partial charge < -0.3 is 14.4 Å². The van der Waals surface area contributed by atoms with Gasteiger partial charge in [-0.25, -0.2) is 0 Å². The van der Waals surface area contributed by atoms with Crippen molar-refractivity contribution >= 4 is 11.6 Å². The summed E-state index contributed by atoms with van der Waals surface area (Å²) >= 11 is 0. The molecule has 138 valence electrons. The van der Waals surface area contributed by atoms with Gasteiger partial charge in [0, 0.05) is 12.8 Å². The molecule has 23 heavy (non-hydrogen) atoms. The van der Waals surface area contributed by atoms with Crippen molar-refractivity contribution in [3.63, 3.8) is 0 Å². The van der Waals surface area contributed by atoms with Crippen LogP contribution < -0.4 is 0 Å². The molecule has 0 aromatic heterocycles. The van der Waals surface area contributed by atoms with Gasteiger partial charge in [0.2, 0.25) is 0 Å². The fraction of sp³-hybridized carbons (Fsp3) is 0.889. The topological polar surface area (TPSA) is 55.8 Å². The van der Waals surface area contributed by atoms with Gasteiger partial charge >= 0.3 is 0 Å². The summed E-state index contributed by atoms with van der Waals surface area (Å²) in [7, 11) is 4.02. The van der Waals surface area contributed by atoms with Crippen LogP contribution in [0.4, 0.5) is 0 Å². The molecule has 0 rings (SSSR count). The van der Waals surface area contributed by atoms with Crippen LogP contribution in [0, 0.1) is 0 Å². The molecule has 0 fully saturated rings. The van der Waals surface area contributed by atoms with E-state index in [9.17, 15) is 9.59 Å². The summed E-state index contributed by atoms with van der Waals surface area (Å²) in [6.07, 6.45) is 3.43. The van der Waals surface area contributed by atoms with Crippen molar-refractivity contribution in [3.05, 3.63) is 0 Å². The third-order valence-corrected chi connectivity index (χ3v) is 2.75. The molecule has 0 amide bonds. The molecular weight excluding hydrogens is 294 g/mol. The van der Waals surface area contributed by atoms with Crippen LogP contribution >= 0.6 is 0 Å². The van der Waals surface area contributed by atoms with E-state index in [0.29, 0.717) is 12.8 Å². The maximum atomic E-state index is 11.2. The van der Waals surface area contributed by atoms with E-state index in [0.717, 1.165) is 19.4 Å². The summed E-state index contributed by atoms with van der Waals surface area (Å²) < 4.78 is 10.3. The molecule has 0 aromatic carbocycles. The first-order valence-corrected chi connectivity index (χ1v) is 8.60. The Hall–Kier alpha value is -0.780. The summed E-state index contributed by atoms with van der Waals surface area (Å²) in [5.74, 6) is 0.409. The lowest BCUT2D eigenvalue weighted by Gasteiger charge is -2.09. The van der Waals surface area contributed by atoms with E-state index >= 15 is 0 Å². The molecule has 0 bridgehead atoms. The number of carbonyl (C=O) groups excluding carboxylic acids is 2. The molecule has 5 nitrogen and oxygen atoms in total. The Morgan fingerprint density at radius 1 is 0.870 bits per heavy atom. The SMILES string of the molecule is CC(C)OCC(=O)CCCN(C)C.CCCC(=O)COC(C)C. The quantitative estimate of drug-likeness (QED) is 0.550. The predicted octanol–water partition coefficient (Wildman–Crippen LogP) is 3.10. The zero-order valence-corrected chi connectivity index (χ0v) is 16.2. The third kappa shape index (κ3) is 23.6. The van der Waals surface area contributed by atoms with Crippen molar-refractivity contribution in [1.29, 1.82) is 0 Å². The average Bonchev–Trinajstić information content (AvgIpc) is 2.43. The van der Waals surface area contributed by atoms with Gasteiger partial charge in [0.1, 0.15) is 13.2 Å². The molecule has 0 unspecified atom stereocenters. The van der Waals surface area contributed by atoms with Crippen molar-refractivity contribution in [1.82, 2.24) is 4.90 Å². The number of ketones is 2. The average molecular weight is 331 g/mol. The highest BCUT2D eigenvalue weighted by molar-refractivity contribution is 5.79. The number of rotatable bonds is 12. The molecule has 0 saturated heterocycles. The number of nitrogens with zero attached hydrogens (tertiary/aromatic N) is 1. The van der Waals surface area contributed by atoms with Crippen LogP contribution in [0.15, 0.2) is 0 Å². The third-order valence-electron chi connectivity index (χ3n) is 2.75. The van der Waals surface area contributed by atoms with Crippen LogP contribution in [0.5, 0.6) is 0 Å². The maximum absolute atomic E-state index is 11.2. The first kappa shape index (κ1) is 24.5. The lowest BCUT2D eigenvalue weighted by Crippen LogP contribution is -2.17. The number of carbonyl (C=O) groups is 2. The standard InChI is InChI=1S/C10H21NO2.C8H16O2/c1-9(2)13-8-10(12)6-5-7-11(3)4;1-4-5-8(9)6-10-7(2)3/h9H,5-8H2,1-4H3;7H,4-6H2,1-3H3. The lowest BCUT2D eigenvalue weighted by atomic mass is 10.2. The second kappa shape index (κ2) is 16.1. The molecule has 0 aromatic rings. The minimum Gasteiger partial charge on any atom is -0.371 e. The van der Waals surface area contributed by atoms with Crippen molar-refractivity contribution in [2.24, 2.45) is 0 Å². The monoisotopic (exact) mass is 331 g/mol. The van der Waals surface area contributed by atoms with E-state index in [4.69, 9.17) is 9.47 Å². The number of hydrogen-bond donors (Lipinski definition) is 0. The van der Waals surface area contributed by atoms with Crippen LogP contribution in [0.2, 0.25) is 0 Å². The van der Waals surface area contributed by atoms with E-state index in [2.05, 4.69) is 4.90 Å². The molecule has 0 atom stereocenters. The molecule has 5 heteroatoms. The molecule has 0 aliphatic rings. The van der Waals surface area contributed by atoms with Crippen LogP contribution in [-0.2, 0) is 19.1 Å². The zero-order chi connectivity index (χ0) is 18.3. The largest absolute Gasteiger partial charge is 0.371 e. The minimum atomic E-state index is 0.151. The number of hydrogen-bond acceptors (Lipinski definition) is 5. The van der Waals surface area contributed by atoms with Gasteiger partial charge in [-0.15, -0.1) is 0 Å². The van der Waals surface area contributed by atoms with Crippen molar-refractivity contribution in [2.75, 3.05) is 33.9 Å². The highest BCUT2D eigenvalue weighted by Crippen LogP contribution is 1.95. The molecule has 0 N–H and O–H groups in total. The van der Waals surface area contributed by atoms with Gasteiger partial charge in [-0.3, -0.25) is 9.59 Å². The second-order valence-electron chi connectivity index (χ2n) is 6.45. The highest BCUT2D eigenvalue weighted by Gasteiger charge is 2.03. The zero-order valence-electron chi connectivity index (χ0n) is 16.2. The van der Waals surface area contributed by atoms with Gasteiger partial charge in [0.15, 0.2) is 11.6 Å². The molecule has 0 radical (unpaired) electrons. The van der Waals surface area contributed by atoms with Gasteiger partial charge in [-0.05, 0) is 61.2 Å². The predicted molar refractivity (Wildman–Crippen MR) is 94.9 cm³/mol. The van der Waals surface area contributed by atoms with Crippen molar-refractivity contribution in [2.45, 2.75) is 72.5 Å². The van der Waals surface area contributed by atoms with Crippen molar-refractivity contribution in [3.8, 4) is 0 Å². The summed E-state index contributed by atoms with van der Waals surface area (Å²) in [5.41, 5.74) is 0. The summed E-state index contributed by atoms with van der Waals surface area (Å²) in [6, 6.07) is 0. The van der Waals surface area contributed by atoms with Crippen molar-refractivity contribution < 1.29 is 19.1 Å². The molecule has 0 aliphatic carbocycles. The smallest absolute Gasteiger partial charge is 0.158 e. The maximum Gasteiger partial charge on any atom is 0.158 e. The van der Waals surface area contributed by atoms with Crippen LogP contribution in [-0.4, -0.2) is 62.5 Å². The summed E-state index contributed by atoms with van der Waals surface area (Å²) in [4.78, 5) is 24.1. The summed E-state index contributed by atoms with van der Waals surface area (Å²) in [5, 5.41) is 0. The van der Waals surface area contributed by atoms with E-state index in [1.165, 1.54) is 0 Å². The minimum absolute atomic E-state index is 0.151. The lowest BCUT2D eigenvalue weighted by molar-refractivity contribution is -0.125. The van der Waals surface area contributed by atoms with Gasteiger partial charge in [0.25, 0.3) is 0 Å². The Morgan fingerprint density at radius 3 is 1.65 bits per heavy atom. The molecule has 0 heterocycles. The number of Topliss-reactive ketones (excluding diaryl/α,β-unsaturated/α-hetero) is 2. The van der Waals surface area contributed by atoms with E-state index in [1.54, 1.807) is 0 Å². The van der Waals surface area contributed by atoms with Crippen LogP contribution in [0.3, 0.4) is 0 Å². The molecule has 0 saturated carbocycles. The Balaban J connectivity index is 0. The highest BCUT2D eigenvalue weighted by atomic mass is 16.5. The van der Waals surface area contributed by atoms with Gasteiger partial charge in [-0.2, -0.15) is 0 Å². The fourth-order valence-corrected chi connectivity index (χ4v) is 1.53. The fourth-order valence-electron chi connectivity index (χ4n) is 1.53. The summed E-state index contributed by atoms with van der Waals surface area (Å²) in [6.45, 7) is 11.2. The molecular formula is C18H37NO4. The van der Waals surface area contributed by atoms with E-state index in [1.807, 2.05) is 48.7 Å². The molecule has 0 spiro atoms. The van der Waals surface area contributed by atoms with Gasteiger partial charge in [0.05, 0.1) is 12.2 Å². The van der Waals surface area contributed by atoms with Crippen LogP contribution in [0.1, 0.15) is 60.3 Å². The Kier molecular flexibility index (Phi) is 17.1. The van der Waals surface area contributed by atoms with Gasteiger partial charge in [-0.1, -0.05) is 6.92 Å². The van der Waals surface area contributed by atoms with E-state index in [-0.39, 0.29) is 37.0 Å². The first-order chi connectivity index (χ1) is 10.7. The molecule has 0 aliphatic heterocycles. The van der Waals surface area contributed by atoms with E-state index < -0.39 is 0 Å². The Bertz CT molecular complexity index is 301. The Morgan fingerprint density at radius 2 is 1.30 bits per heavy atom. The second-order valence-corrected chi connectivity index (χ2v) is 6.45. The normalized spacial score (nSPS) is 10.9. The van der Waals surface area contributed by atoms with Crippen LogP contribution in [0.25, 0.3) is 0 Å². The number of ether oxygens (including phenoxy) is 2.